The molecule has 2 amide bonds. The lowest BCUT2D eigenvalue weighted by Crippen LogP contribution is -2.32. The largest absolute Gasteiger partial charge is 0.470 e. The number of halogens is 1. The van der Waals surface area contributed by atoms with Gasteiger partial charge in [-0.05, 0) is 80.3 Å². The summed E-state index contributed by atoms with van der Waals surface area (Å²) in [7, 11) is -4.76. The van der Waals surface area contributed by atoms with Gasteiger partial charge in [-0.1, -0.05) is 29.8 Å². The summed E-state index contributed by atoms with van der Waals surface area (Å²) in [6.07, 6.45) is -0.130. The molecule has 0 aliphatic carbocycles. The van der Waals surface area contributed by atoms with E-state index in [1.165, 1.54) is 0 Å². The van der Waals surface area contributed by atoms with Gasteiger partial charge in [0.2, 0.25) is 0 Å². The normalized spacial score (nSPS) is 15.7. The highest BCUT2D eigenvalue weighted by atomic mass is 35.5. The van der Waals surface area contributed by atoms with Crippen molar-refractivity contribution in [2.45, 2.75) is 32.8 Å². The lowest BCUT2D eigenvalue weighted by atomic mass is 10.0. The Labute approximate surface area is 214 Å². The van der Waals surface area contributed by atoms with Crippen LogP contribution in [0.4, 0.5) is 11.4 Å². The van der Waals surface area contributed by atoms with Crippen molar-refractivity contribution in [3.63, 3.8) is 0 Å². The molecule has 3 aromatic carbocycles. The van der Waals surface area contributed by atoms with E-state index in [-0.39, 0.29) is 11.8 Å². The number of carbonyl (C=O) groups excluding carboxylic acids is 2. The summed E-state index contributed by atoms with van der Waals surface area (Å²) in [5.74, 6) is -0.509. The second kappa shape index (κ2) is 10.5. The SMILES string of the molecule is Cc1ccccc1C(=O)Nc1ccc(C(=O)N2CCCC(OP(=O)(O)O)c3cc(Cl)ccc32)c(C)c1. The molecule has 0 bridgehead atoms. The van der Waals surface area contributed by atoms with Crippen LogP contribution in [-0.4, -0.2) is 28.1 Å². The number of nitrogens with one attached hydrogen (secondary N) is 1. The number of hydrogen-bond acceptors (Lipinski definition) is 4. The first-order valence-corrected chi connectivity index (χ1v) is 13.3. The second-order valence-electron chi connectivity index (χ2n) is 8.69. The summed E-state index contributed by atoms with van der Waals surface area (Å²) in [4.78, 5) is 46.6. The first-order valence-electron chi connectivity index (χ1n) is 11.4. The third kappa shape index (κ3) is 5.86. The van der Waals surface area contributed by atoms with Crippen LogP contribution in [0.1, 0.15) is 56.4 Å². The fourth-order valence-corrected chi connectivity index (χ4v) is 5.11. The van der Waals surface area contributed by atoms with Crippen LogP contribution in [0.15, 0.2) is 60.7 Å². The molecule has 1 unspecified atom stereocenters. The molecule has 1 aliphatic rings. The molecule has 0 fully saturated rings. The van der Waals surface area contributed by atoms with Crippen LogP contribution >= 0.6 is 19.4 Å². The Balaban J connectivity index is 1.61. The number of carbonyl (C=O) groups is 2. The van der Waals surface area contributed by atoms with Crippen molar-refractivity contribution < 1.29 is 28.5 Å². The van der Waals surface area contributed by atoms with Gasteiger partial charge in [0.25, 0.3) is 11.8 Å². The number of anilines is 2. The number of fused-ring (bicyclic) bond motifs is 1. The van der Waals surface area contributed by atoms with Crippen LogP contribution in [0.3, 0.4) is 0 Å². The third-order valence-corrected chi connectivity index (χ3v) is 6.85. The van der Waals surface area contributed by atoms with Gasteiger partial charge in [-0.15, -0.1) is 0 Å². The van der Waals surface area contributed by atoms with Gasteiger partial charge in [-0.25, -0.2) is 4.57 Å². The molecule has 3 aromatic rings. The molecule has 1 heterocycles. The van der Waals surface area contributed by atoms with E-state index < -0.39 is 13.9 Å². The van der Waals surface area contributed by atoms with Crippen molar-refractivity contribution in [1.82, 2.24) is 0 Å². The maximum Gasteiger partial charge on any atom is 0.470 e. The van der Waals surface area contributed by atoms with E-state index in [1.54, 1.807) is 60.4 Å². The number of benzene rings is 3. The molecule has 10 heteroatoms. The molecule has 188 valence electrons. The Hall–Kier alpha value is -3.00. The molecule has 0 aromatic heterocycles. The fourth-order valence-electron chi connectivity index (χ4n) is 4.38. The van der Waals surface area contributed by atoms with Crippen molar-refractivity contribution >= 4 is 42.6 Å². The highest BCUT2D eigenvalue weighted by molar-refractivity contribution is 7.46. The number of phosphoric ester groups is 1. The van der Waals surface area contributed by atoms with Gasteiger partial charge < -0.3 is 20.0 Å². The Kier molecular flexibility index (Phi) is 7.64. The van der Waals surface area contributed by atoms with E-state index >= 15 is 0 Å². The lowest BCUT2D eigenvalue weighted by molar-refractivity contribution is 0.0984. The summed E-state index contributed by atoms with van der Waals surface area (Å²) < 4.78 is 16.6. The zero-order chi connectivity index (χ0) is 26.0. The maximum absolute atomic E-state index is 13.6. The molecular formula is C26H26ClN2O6P. The summed E-state index contributed by atoms with van der Waals surface area (Å²) in [5, 5.41) is 3.24. The van der Waals surface area contributed by atoms with E-state index in [0.29, 0.717) is 58.0 Å². The minimum atomic E-state index is -4.76. The smallest absolute Gasteiger partial charge is 0.322 e. The first kappa shape index (κ1) is 26.1. The summed E-state index contributed by atoms with van der Waals surface area (Å²) in [6, 6.07) is 17.2. The Bertz CT molecular complexity index is 1370. The number of rotatable bonds is 5. The summed E-state index contributed by atoms with van der Waals surface area (Å²) in [5.41, 5.74) is 4.04. The number of nitrogens with zero attached hydrogens (tertiary/aromatic N) is 1. The average molecular weight is 529 g/mol. The van der Waals surface area contributed by atoms with Gasteiger partial charge in [0.05, 0.1) is 6.10 Å². The van der Waals surface area contributed by atoms with Gasteiger partial charge >= 0.3 is 7.82 Å². The minimum Gasteiger partial charge on any atom is -0.322 e. The molecule has 3 N–H and O–H groups in total. The topological polar surface area (TPSA) is 116 Å². The van der Waals surface area contributed by atoms with Crippen LogP contribution in [0, 0.1) is 13.8 Å². The van der Waals surface area contributed by atoms with E-state index in [1.807, 2.05) is 19.1 Å². The van der Waals surface area contributed by atoms with Gasteiger partial charge in [0.1, 0.15) is 0 Å². The molecule has 1 aliphatic heterocycles. The van der Waals surface area contributed by atoms with Crippen molar-refractivity contribution in [2.24, 2.45) is 0 Å². The van der Waals surface area contributed by atoms with E-state index in [4.69, 9.17) is 16.1 Å². The molecule has 0 saturated carbocycles. The Morgan fingerprint density at radius 2 is 1.78 bits per heavy atom. The number of hydrogen-bond donors (Lipinski definition) is 3. The Morgan fingerprint density at radius 3 is 2.47 bits per heavy atom. The van der Waals surface area contributed by atoms with E-state index in [2.05, 4.69) is 5.32 Å². The van der Waals surface area contributed by atoms with Crippen LogP contribution in [-0.2, 0) is 9.09 Å². The number of phosphoric acid groups is 1. The van der Waals surface area contributed by atoms with Crippen LogP contribution in [0.25, 0.3) is 0 Å². The number of amides is 2. The van der Waals surface area contributed by atoms with E-state index in [0.717, 1.165) is 5.56 Å². The zero-order valence-electron chi connectivity index (χ0n) is 19.8. The van der Waals surface area contributed by atoms with Gasteiger partial charge in [-0.2, -0.15) is 0 Å². The summed E-state index contributed by atoms with van der Waals surface area (Å²) in [6.45, 7) is 3.99. The molecule has 1 atom stereocenters. The Morgan fingerprint density at radius 1 is 1.03 bits per heavy atom. The molecule has 0 radical (unpaired) electrons. The van der Waals surface area contributed by atoms with Crippen LogP contribution in [0.5, 0.6) is 0 Å². The van der Waals surface area contributed by atoms with Crippen molar-refractivity contribution in [2.75, 3.05) is 16.8 Å². The zero-order valence-corrected chi connectivity index (χ0v) is 21.4. The molecule has 0 spiro atoms. The highest BCUT2D eigenvalue weighted by Gasteiger charge is 2.32. The third-order valence-electron chi connectivity index (χ3n) is 6.09. The highest BCUT2D eigenvalue weighted by Crippen LogP contribution is 2.47. The standard InChI is InChI=1S/C26H26ClN2O6P/c1-16-6-3-4-7-20(16)25(30)28-19-10-11-21(17(2)14-19)26(31)29-13-5-8-24(35-36(32,33)34)22-15-18(27)9-12-23(22)29/h3-4,6-7,9-12,14-15,24H,5,8,13H2,1-2H3,(H,28,30)(H2,32,33,34). The quantitative estimate of drug-likeness (QED) is 0.360. The molecule has 36 heavy (non-hydrogen) atoms. The van der Waals surface area contributed by atoms with Crippen molar-refractivity contribution in [3.05, 3.63) is 93.5 Å². The van der Waals surface area contributed by atoms with E-state index in [9.17, 15) is 23.9 Å². The number of aryl methyl sites for hydroxylation is 2. The maximum atomic E-state index is 13.6. The first-order chi connectivity index (χ1) is 17.0. The van der Waals surface area contributed by atoms with Crippen molar-refractivity contribution in [3.8, 4) is 0 Å². The predicted molar refractivity (Wildman–Crippen MR) is 139 cm³/mol. The lowest BCUT2D eigenvalue weighted by Gasteiger charge is -2.25. The van der Waals surface area contributed by atoms with Crippen LogP contribution in [0.2, 0.25) is 5.02 Å². The van der Waals surface area contributed by atoms with Gasteiger partial charge in [0, 0.05) is 39.6 Å². The fraction of sp³-hybridized carbons (Fsp3) is 0.231. The van der Waals surface area contributed by atoms with Crippen molar-refractivity contribution in [1.29, 1.82) is 0 Å². The average Bonchev–Trinajstić information content (AvgIpc) is 2.97. The summed E-state index contributed by atoms with van der Waals surface area (Å²) >= 11 is 6.16. The van der Waals surface area contributed by atoms with Gasteiger partial charge in [0.15, 0.2) is 0 Å². The van der Waals surface area contributed by atoms with Gasteiger partial charge in [-0.3, -0.25) is 14.1 Å². The molecular weight excluding hydrogens is 503 g/mol. The predicted octanol–water partition coefficient (Wildman–Crippen LogP) is 5.80. The molecule has 0 saturated heterocycles. The molecule has 4 rings (SSSR count). The van der Waals surface area contributed by atoms with Crippen LogP contribution < -0.4 is 10.2 Å². The minimum absolute atomic E-state index is 0.235. The monoisotopic (exact) mass is 528 g/mol. The molecule has 8 nitrogen and oxygen atoms in total. The second-order valence-corrected chi connectivity index (χ2v) is 10.3.